The van der Waals surface area contributed by atoms with Crippen molar-refractivity contribution in [1.82, 2.24) is 63.8 Å². The van der Waals surface area contributed by atoms with Crippen molar-refractivity contribution < 1.29 is 87.2 Å². The molecule has 0 aromatic rings. The average molecular weight is 1410 g/mol. The highest BCUT2D eigenvalue weighted by atomic mass is 32.2. The number of carbonyl (C=O) groups excluding carboxylic acids is 13. The zero-order chi connectivity index (χ0) is 75.6. The first-order chi connectivity index (χ1) is 45.6. The van der Waals surface area contributed by atoms with Gasteiger partial charge in [-0.05, 0) is 87.0 Å². The van der Waals surface area contributed by atoms with Crippen molar-refractivity contribution in [2.24, 2.45) is 63.4 Å². The summed E-state index contributed by atoms with van der Waals surface area (Å²) in [5.74, 6) is -17.9. The summed E-state index contributed by atoms with van der Waals surface area (Å²) in [5.41, 5.74) is 22.1. The van der Waals surface area contributed by atoms with Crippen LogP contribution in [-0.2, 0) is 71.9 Å². The number of aliphatic imine (C=N–C) groups is 1. The lowest BCUT2D eigenvalue weighted by molar-refractivity contribution is -0.144. The maximum atomic E-state index is 14.5. The number of carboxylic acids is 2. The molecule has 16 atom stereocenters. The van der Waals surface area contributed by atoms with Gasteiger partial charge in [-0.2, -0.15) is 11.8 Å². The largest absolute Gasteiger partial charge is 0.481 e. The maximum absolute atomic E-state index is 14.5. The summed E-state index contributed by atoms with van der Waals surface area (Å²) in [6, 6.07) is -17.0. The molecule has 0 heterocycles. The Bertz CT molecular complexity index is 2750. The summed E-state index contributed by atoms with van der Waals surface area (Å²) in [5, 5.41) is 60.4. The van der Waals surface area contributed by atoms with E-state index in [1.807, 2.05) is 0 Å². The number of primary amides is 1. The second kappa shape index (κ2) is 45.2. The van der Waals surface area contributed by atoms with Crippen LogP contribution in [0, 0.1) is 35.5 Å². The Morgan fingerprint density at radius 1 is 0.439 bits per heavy atom. The Labute approximate surface area is 577 Å². The Kier molecular flexibility index (Phi) is 41.3. The molecule has 35 nitrogen and oxygen atoms in total. The number of carbonyl (C=O) groups is 15. The number of nitrogens with two attached hydrogens (primary N) is 4. The predicted octanol–water partition coefficient (Wildman–Crippen LogP) is -4.10. The molecule has 558 valence electrons. The molecule has 0 aromatic heterocycles. The zero-order valence-electron chi connectivity index (χ0n) is 59.1. The molecule has 0 aliphatic heterocycles. The van der Waals surface area contributed by atoms with Gasteiger partial charge in [0, 0.05) is 13.0 Å². The van der Waals surface area contributed by atoms with E-state index in [4.69, 9.17) is 22.9 Å². The molecule has 0 rings (SSSR count). The average Bonchev–Trinajstić information content (AvgIpc) is 0.860. The van der Waals surface area contributed by atoms with E-state index < -0.39 is 229 Å². The van der Waals surface area contributed by atoms with E-state index in [2.05, 4.69) is 68.8 Å². The molecule has 0 saturated heterocycles. The van der Waals surface area contributed by atoms with Gasteiger partial charge in [0.2, 0.25) is 76.8 Å². The summed E-state index contributed by atoms with van der Waals surface area (Å²) in [4.78, 5) is 205. The van der Waals surface area contributed by atoms with Gasteiger partial charge in [-0.3, -0.25) is 72.1 Å². The number of aliphatic hydroxyl groups excluding tert-OH is 1. The molecule has 36 heteroatoms. The van der Waals surface area contributed by atoms with Crippen LogP contribution >= 0.6 is 11.8 Å². The second-order valence-electron chi connectivity index (χ2n) is 25.5. The molecule has 23 N–H and O–H groups in total. The van der Waals surface area contributed by atoms with Crippen LogP contribution in [0.5, 0.6) is 0 Å². The van der Waals surface area contributed by atoms with Gasteiger partial charge in [-0.25, -0.2) is 4.79 Å². The van der Waals surface area contributed by atoms with Crippen LogP contribution in [0.1, 0.15) is 155 Å². The van der Waals surface area contributed by atoms with Crippen LogP contribution in [0.4, 0.5) is 0 Å². The SMILES string of the molecule is CC[C@H](C)[C@H](NC(=O)CNC(=O)[C@@H](NC(=O)[C@H](C)NC(=O)[C@@H](NC(=O)[C@@H](NC(=O)[C@H](CCCN=C(N)N)NC(=O)[C@@H](NC(=O)[C@H](CCC(=O)O)NC(=O)[C@H](CCSC)NC(=O)[C@@H](NC(=O)[C@@H](N)CC(N)=O)[C@@H](C)CC)[C@@H](C)CC)[C@@H](C)O)C(C)C)C(C)C)C(=O)N[C@H](C(=O)O)C(C)C. The molecule has 0 aromatic carbocycles. The number of amides is 13. The third kappa shape index (κ3) is 32.3. The first-order valence-electron chi connectivity index (χ1n) is 32.9. The van der Waals surface area contributed by atoms with Gasteiger partial charge in [0.05, 0.1) is 25.1 Å². The number of nitrogens with zero attached hydrogens (tertiary/aromatic N) is 1. The Hall–Kier alpha value is -8.41. The molecule has 0 radical (unpaired) electrons. The molecule has 0 unspecified atom stereocenters. The number of aliphatic hydroxyl groups is 1. The van der Waals surface area contributed by atoms with Crippen LogP contribution in [0.25, 0.3) is 0 Å². The number of hydrogen-bond donors (Lipinski definition) is 19. The van der Waals surface area contributed by atoms with Crippen LogP contribution in [-0.4, -0.2) is 214 Å². The first kappa shape index (κ1) is 89.6. The first-order valence-corrected chi connectivity index (χ1v) is 34.3. The number of nitrogens with one attached hydrogen (secondary N) is 12. The molecular formula is C62H111N17O18S. The van der Waals surface area contributed by atoms with Gasteiger partial charge >= 0.3 is 11.9 Å². The van der Waals surface area contributed by atoms with Crippen LogP contribution < -0.4 is 86.7 Å². The monoisotopic (exact) mass is 1410 g/mol. The van der Waals surface area contributed by atoms with Crippen LogP contribution in [0.3, 0.4) is 0 Å². The zero-order valence-corrected chi connectivity index (χ0v) is 59.9. The van der Waals surface area contributed by atoms with Gasteiger partial charge in [0.15, 0.2) is 5.96 Å². The van der Waals surface area contributed by atoms with Gasteiger partial charge in [0.25, 0.3) is 0 Å². The lowest BCUT2D eigenvalue weighted by atomic mass is 9.96. The van der Waals surface area contributed by atoms with E-state index in [0.717, 1.165) is 6.92 Å². The van der Waals surface area contributed by atoms with Crippen molar-refractivity contribution in [3.63, 3.8) is 0 Å². The van der Waals surface area contributed by atoms with Crippen molar-refractivity contribution in [3.8, 4) is 0 Å². The van der Waals surface area contributed by atoms with E-state index >= 15 is 0 Å². The highest BCUT2D eigenvalue weighted by Crippen LogP contribution is 2.16. The third-order valence-corrected chi connectivity index (χ3v) is 16.9. The highest BCUT2D eigenvalue weighted by molar-refractivity contribution is 7.98. The third-order valence-electron chi connectivity index (χ3n) is 16.2. The van der Waals surface area contributed by atoms with Crippen molar-refractivity contribution >= 4 is 106 Å². The summed E-state index contributed by atoms with van der Waals surface area (Å²) >= 11 is 1.31. The molecule has 0 spiro atoms. The minimum atomic E-state index is -1.83. The van der Waals surface area contributed by atoms with Gasteiger partial charge < -0.3 is 102 Å². The fraction of sp³-hybridized carbons (Fsp3) is 0.742. The Morgan fingerprint density at radius 2 is 0.816 bits per heavy atom. The summed E-state index contributed by atoms with van der Waals surface area (Å²) in [6.07, 6.45) is -0.881. The number of thioether (sulfide) groups is 1. The highest BCUT2D eigenvalue weighted by Gasteiger charge is 2.39. The lowest BCUT2D eigenvalue weighted by Gasteiger charge is -2.30. The van der Waals surface area contributed by atoms with E-state index in [9.17, 15) is 87.2 Å². The topological polar surface area (TPSA) is 578 Å². The second-order valence-corrected chi connectivity index (χ2v) is 26.5. The van der Waals surface area contributed by atoms with Gasteiger partial charge in [-0.15, -0.1) is 0 Å². The minimum Gasteiger partial charge on any atom is -0.481 e. The molecule has 13 amide bonds. The smallest absolute Gasteiger partial charge is 0.326 e. The van der Waals surface area contributed by atoms with E-state index in [-0.39, 0.29) is 43.9 Å². The van der Waals surface area contributed by atoms with Crippen molar-refractivity contribution in [1.29, 1.82) is 0 Å². The molecule has 0 saturated carbocycles. The predicted molar refractivity (Wildman–Crippen MR) is 364 cm³/mol. The molecule has 98 heavy (non-hydrogen) atoms. The van der Waals surface area contributed by atoms with Gasteiger partial charge in [-0.1, -0.05) is 102 Å². The fourth-order valence-electron chi connectivity index (χ4n) is 9.42. The number of rotatable bonds is 47. The molecular weight excluding hydrogens is 1300 g/mol. The number of aliphatic carboxylic acids is 2. The number of hydrogen-bond acceptors (Lipinski definition) is 19. The fourth-order valence-corrected chi connectivity index (χ4v) is 9.89. The Morgan fingerprint density at radius 3 is 1.26 bits per heavy atom. The van der Waals surface area contributed by atoms with Crippen molar-refractivity contribution in [2.45, 2.75) is 233 Å². The van der Waals surface area contributed by atoms with Crippen LogP contribution in [0.15, 0.2) is 4.99 Å². The molecule has 0 bridgehead atoms. The number of guanidine groups is 1. The molecule has 0 fully saturated rings. The van der Waals surface area contributed by atoms with Crippen molar-refractivity contribution in [2.75, 3.05) is 25.1 Å². The molecule has 0 aliphatic rings. The molecule has 0 aliphatic carbocycles. The van der Waals surface area contributed by atoms with Gasteiger partial charge in [0.1, 0.15) is 66.5 Å². The van der Waals surface area contributed by atoms with E-state index in [1.54, 1.807) is 89.3 Å². The van der Waals surface area contributed by atoms with Crippen molar-refractivity contribution in [3.05, 3.63) is 0 Å². The van der Waals surface area contributed by atoms with E-state index in [1.165, 1.54) is 18.7 Å². The summed E-state index contributed by atoms with van der Waals surface area (Å²) < 4.78 is 0. The Balaban J connectivity index is 6.76. The lowest BCUT2D eigenvalue weighted by Crippen LogP contribution is -2.63. The summed E-state index contributed by atoms with van der Waals surface area (Å²) in [7, 11) is 0. The normalized spacial score (nSPS) is 16.2. The standard InChI is InChI=1S/C62H111N17O18S/c1-16-31(10)46(59(94)76-45(30(8)9)61(96)97)73-41(82)27-68-55(90)43(28(4)5)74-50(85)34(13)69-56(91)44(29(6)7)75-60(95)49(35(14)80)79-53(88)37(20-19-24-67-62(65)66)71-58(93)48(33(12)18-3)78-54(89)38(21-22-42(83)84)70-52(87)39(23-25-98-15)72-57(92)47(32(11)17-2)77-51(86)36(63)26-40(64)81/h28-39,43-49,80H,16-27,63H2,1-15H3,(H2,64,81)(H,68,90)(H,69,91)(H,70,87)(H,71,93)(H,72,92)(H,73,82)(H,74,85)(H,75,95)(H,76,94)(H,77,86)(H,78,89)(H,79,88)(H,83,84)(H,96,97)(H4,65,66,67)/t31-,32-,33-,34-,35+,36-,37-,38-,39-,43-,44-,45-,46-,47-,48-,49-/m0/s1. The number of carboxylic acid groups (broad SMARTS) is 2. The summed E-state index contributed by atoms with van der Waals surface area (Å²) in [6.45, 7) is 21.3. The maximum Gasteiger partial charge on any atom is 0.326 e. The van der Waals surface area contributed by atoms with E-state index in [0.29, 0.717) is 12.8 Å². The quantitative estimate of drug-likeness (QED) is 0.0156. The van der Waals surface area contributed by atoms with Crippen LogP contribution in [0.2, 0.25) is 0 Å². The minimum absolute atomic E-state index is 0.0198.